The summed E-state index contributed by atoms with van der Waals surface area (Å²) in [5.74, 6) is -0.436. The van der Waals surface area contributed by atoms with Crippen LogP contribution in [-0.4, -0.2) is 17.7 Å². The number of rotatable bonds is 7. The van der Waals surface area contributed by atoms with Crippen molar-refractivity contribution >= 4 is 17.1 Å². The summed E-state index contributed by atoms with van der Waals surface area (Å²) in [6.07, 6.45) is 0.893. The summed E-state index contributed by atoms with van der Waals surface area (Å²) in [5, 5.41) is 8.79. The van der Waals surface area contributed by atoms with Crippen LogP contribution in [-0.2, 0) is 4.79 Å². The van der Waals surface area contributed by atoms with E-state index in [0.717, 1.165) is 17.5 Å². The van der Waals surface area contributed by atoms with Crippen molar-refractivity contribution in [2.45, 2.75) is 20.3 Å². The lowest BCUT2D eigenvalue weighted by Crippen LogP contribution is -2.09. The van der Waals surface area contributed by atoms with Crippen LogP contribution in [0.4, 0.5) is 0 Å². The third-order valence-electron chi connectivity index (χ3n) is 4.62. The minimum atomic E-state index is -0.985. The Balaban J connectivity index is 2.10. The Morgan fingerprint density at radius 2 is 1.39 bits per heavy atom. The lowest BCUT2D eigenvalue weighted by atomic mass is 9.88. The minimum Gasteiger partial charge on any atom is -0.482 e. The fraction of sp³-hybridized carbons (Fsp3) is 0.160. The van der Waals surface area contributed by atoms with Gasteiger partial charge in [-0.1, -0.05) is 79.2 Å². The number of carboxylic acids is 1. The van der Waals surface area contributed by atoms with Crippen molar-refractivity contribution in [1.29, 1.82) is 0 Å². The monoisotopic (exact) mass is 372 g/mol. The van der Waals surface area contributed by atoms with E-state index < -0.39 is 5.97 Å². The van der Waals surface area contributed by atoms with Gasteiger partial charge >= 0.3 is 5.97 Å². The van der Waals surface area contributed by atoms with Gasteiger partial charge in [-0.15, -0.1) is 0 Å². The van der Waals surface area contributed by atoms with Crippen molar-refractivity contribution in [3.8, 4) is 5.75 Å². The van der Waals surface area contributed by atoms with E-state index in [0.29, 0.717) is 5.75 Å². The predicted molar refractivity (Wildman–Crippen MR) is 113 cm³/mol. The largest absolute Gasteiger partial charge is 0.482 e. The van der Waals surface area contributed by atoms with E-state index in [1.54, 1.807) is 0 Å². The molecule has 0 unspecified atom stereocenters. The summed E-state index contributed by atoms with van der Waals surface area (Å²) in [4.78, 5) is 10.7. The second kappa shape index (κ2) is 9.05. The zero-order valence-electron chi connectivity index (χ0n) is 16.2. The Labute approximate surface area is 165 Å². The molecule has 3 nitrogen and oxygen atoms in total. The first-order valence-electron chi connectivity index (χ1n) is 9.39. The molecule has 0 heterocycles. The SMILES string of the molecule is CC/C(=C(\c1ccc(C)cc1)c1ccc(OCC(=O)O)cc1)c1ccccc1. The van der Waals surface area contributed by atoms with E-state index in [1.807, 2.05) is 30.3 Å². The molecule has 28 heavy (non-hydrogen) atoms. The first-order valence-corrected chi connectivity index (χ1v) is 9.39. The van der Waals surface area contributed by atoms with E-state index in [2.05, 4.69) is 62.4 Å². The molecule has 3 heteroatoms. The van der Waals surface area contributed by atoms with Crippen LogP contribution >= 0.6 is 0 Å². The molecule has 0 aromatic heterocycles. The summed E-state index contributed by atoms with van der Waals surface area (Å²) in [5.41, 5.74) is 7.10. The van der Waals surface area contributed by atoms with Crippen LogP contribution in [0, 0.1) is 6.92 Å². The summed E-state index contributed by atoms with van der Waals surface area (Å²) >= 11 is 0. The number of aryl methyl sites for hydroxylation is 1. The van der Waals surface area contributed by atoms with Gasteiger partial charge in [0, 0.05) is 0 Å². The topological polar surface area (TPSA) is 46.5 Å². The van der Waals surface area contributed by atoms with Gasteiger partial charge in [-0.25, -0.2) is 4.79 Å². The molecule has 0 aliphatic heterocycles. The van der Waals surface area contributed by atoms with Crippen LogP contribution in [0.5, 0.6) is 5.75 Å². The average Bonchev–Trinajstić information content (AvgIpc) is 2.72. The molecule has 0 bridgehead atoms. The Morgan fingerprint density at radius 1 is 0.821 bits per heavy atom. The highest BCUT2D eigenvalue weighted by molar-refractivity contribution is 5.98. The first kappa shape index (κ1) is 19.4. The molecule has 0 saturated heterocycles. The van der Waals surface area contributed by atoms with Gasteiger partial charge in [0.25, 0.3) is 0 Å². The number of carboxylic acid groups (broad SMARTS) is 1. The van der Waals surface area contributed by atoms with Crippen molar-refractivity contribution < 1.29 is 14.6 Å². The third kappa shape index (κ3) is 4.68. The van der Waals surface area contributed by atoms with Crippen LogP contribution in [0.1, 0.15) is 35.6 Å². The summed E-state index contributed by atoms with van der Waals surface area (Å²) in [6.45, 7) is 3.91. The second-order valence-electron chi connectivity index (χ2n) is 6.65. The van der Waals surface area contributed by atoms with Crippen LogP contribution in [0.2, 0.25) is 0 Å². The summed E-state index contributed by atoms with van der Waals surface area (Å²) in [7, 11) is 0. The van der Waals surface area contributed by atoms with E-state index in [1.165, 1.54) is 22.3 Å². The third-order valence-corrected chi connectivity index (χ3v) is 4.62. The Bertz CT molecular complexity index is 953. The first-order chi connectivity index (χ1) is 13.6. The number of hydrogen-bond acceptors (Lipinski definition) is 2. The molecule has 142 valence electrons. The number of ether oxygens (including phenoxy) is 1. The molecule has 0 saturated carbocycles. The molecule has 0 aliphatic carbocycles. The van der Waals surface area contributed by atoms with Gasteiger partial charge in [-0.2, -0.15) is 0 Å². The molecule has 0 spiro atoms. The maximum atomic E-state index is 10.7. The summed E-state index contributed by atoms with van der Waals surface area (Å²) < 4.78 is 5.28. The number of carbonyl (C=O) groups is 1. The number of hydrogen-bond donors (Lipinski definition) is 1. The van der Waals surface area contributed by atoms with Crippen LogP contribution in [0.15, 0.2) is 78.9 Å². The average molecular weight is 372 g/mol. The van der Waals surface area contributed by atoms with Gasteiger partial charge in [0.1, 0.15) is 5.75 Å². The highest BCUT2D eigenvalue weighted by Gasteiger charge is 2.13. The van der Waals surface area contributed by atoms with Gasteiger partial charge in [0.2, 0.25) is 0 Å². The van der Waals surface area contributed by atoms with Crippen molar-refractivity contribution in [1.82, 2.24) is 0 Å². The van der Waals surface area contributed by atoms with Crippen LogP contribution < -0.4 is 4.74 Å². The quantitative estimate of drug-likeness (QED) is 0.531. The van der Waals surface area contributed by atoms with Crippen molar-refractivity contribution in [2.24, 2.45) is 0 Å². The predicted octanol–water partition coefficient (Wildman–Crippen LogP) is 5.83. The molecule has 1 N–H and O–H groups in total. The van der Waals surface area contributed by atoms with E-state index in [4.69, 9.17) is 9.84 Å². The van der Waals surface area contributed by atoms with Crippen molar-refractivity contribution in [3.05, 3.63) is 101 Å². The molecule has 3 rings (SSSR count). The van der Waals surface area contributed by atoms with Gasteiger partial charge in [0.15, 0.2) is 6.61 Å². The molecular formula is C25H24O3. The zero-order chi connectivity index (χ0) is 19.9. The molecule has 3 aromatic rings. The lowest BCUT2D eigenvalue weighted by molar-refractivity contribution is -0.139. The molecule has 0 radical (unpaired) electrons. The number of allylic oxidation sites excluding steroid dienone is 1. The molecule has 0 aliphatic rings. The normalized spacial score (nSPS) is 11.6. The number of benzene rings is 3. The highest BCUT2D eigenvalue weighted by atomic mass is 16.5. The van der Waals surface area contributed by atoms with Gasteiger partial charge < -0.3 is 9.84 Å². The molecule has 0 fully saturated rings. The van der Waals surface area contributed by atoms with Crippen LogP contribution in [0.3, 0.4) is 0 Å². The standard InChI is InChI=1S/C25H24O3/c1-3-23(19-7-5-4-6-8-19)25(20-11-9-18(2)10-12-20)21-13-15-22(16-14-21)28-17-24(26)27/h4-16H,3,17H2,1-2H3,(H,26,27)/b25-23-. The Morgan fingerprint density at radius 3 is 1.93 bits per heavy atom. The van der Waals surface area contributed by atoms with Gasteiger partial charge in [0.05, 0.1) is 0 Å². The van der Waals surface area contributed by atoms with E-state index >= 15 is 0 Å². The fourth-order valence-corrected chi connectivity index (χ4v) is 3.26. The molecule has 0 atom stereocenters. The fourth-order valence-electron chi connectivity index (χ4n) is 3.26. The van der Waals surface area contributed by atoms with Crippen molar-refractivity contribution in [3.63, 3.8) is 0 Å². The van der Waals surface area contributed by atoms with Gasteiger partial charge in [-0.05, 0) is 53.3 Å². The van der Waals surface area contributed by atoms with E-state index in [9.17, 15) is 4.79 Å². The molecule has 0 amide bonds. The van der Waals surface area contributed by atoms with Crippen molar-refractivity contribution in [2.75, 3.05) is 6.61 Å². The molecular weight excluding hydrogens is 348 g/mol. The second-order valence-corrected chi connectivity index (χ2v) is 6.65. The van der Waals surface area contributed by atoms with E-state index in [-0.39, 0.29) is 6.61 Å². The summed E-state index contributed by atoms with van der Waals surface area (Å²) in [6, 6.07) is 26.6. The van der Waals surface area contributed by atoms with Gasteiger partial charge in [-0.3, -0.25) is 0 Å². The number of aliphatic carboxylic acids is 1. The maximum absolute atomic E-state index is 10.7. The maximum Gasteiger partial charge on any atom is 0.341 e. The Hall–Kier alpha value is -3.33. The molecule has 3 aromatic carbocycles. The highest BCUT2D eigenvalue weighted by Crippen LogP contribution is 2.35. The Kier molecular flexibility index (Phi) is 6.28. The zero-order valence-corrected chi connectivity index (χ0v) is 16.2. The smallest absolute Gasteiger partial charge is 0.341 e. The minimum absolute atomic E-state index is 0.343. The van der Waals surface area contributed by atoms with Crippen LogP contribution in [0.25, 0.3) is 11.1 Å². The lowest BCUT2D eigenvalue weighted by Gasteiger charge is -2.17.